The topological polar surface area (TPSA) is 66.5 Å². The van der Waals surface area contributed by atoms with E-state index in [0.717, 1.165) is 37.7 Å². The molecule has 1 aliphatic carbocycles. The predicted molar refractivity (Wildman–Crippen MR) is 104 cm³/mol. The SMILES string of the molecule is O=C(NC1CCc2ccccc21)c1ccccc1S(=O)(=O)N1CCCCC1. The number of rotatable bonds is 4. The van der Waals surface area contributed by atoms with Crippen molar-refractivity contribution in [2.24, 2.45) is 0 Å². The van der Waals surface area contributed by atoms with Crippen LogP contribution in [-0.2, 0) is 16.4 Å². The van der Waals surface area contributed by atoms with Crippen LogP contribution in [0.2, 0.25) is 0 Å². The number of piperidine rings is 1. The van der Waals surface area contributed by atoms with E-state index in [-0.39, 0.29) is 22.4 Å². The van der Waals surface area contributed by atoms with Crippen LogP contribution in [0.3, 0.4) is 0 Å². The van der Waals surface area contributed by atoms with Crippen molar-refractivity contribution in [2.45, 2.75) is 43.0 Å². The number of fused-ring (bicyclic) bond motifs is 1. The van der Waals surface area contributed by atoms with Crippen molar-refractivity contribution in [1.29, 1.82) is 0 Å². The molecule has 1 saturated heterocycles. The number of nitrogens with one attached hydrogen (secondary N) is 1. The van der Waals surface area contributed by atoms with E-state index in [4.69, 9.17) is 0 Å². The first-order valence-corrected chi connectivity index (χ1v) is 11.0. The van der Waals surface area contributed by atoms with Gasteiger partial charge in [-0.2, -0.15) is 4.31 Å². The minimum Gasteiger partial charge on any atom is -0.345 e. The predicted octanol–water partition coefficient (Wildman–Crippen LogP) is 3.28. The Labute approximate surface area is 160 Å². The molecule has 6 heteroatoms. The highest BCUT2D eigenvalue weighted by atomic mass is 32.2. The summed E-state index contributed by atoms with van der Waals surface area (Å²) in [5.41, 5.74) is 2.60. The summed E-state index contributed by atoms with van der Waals surface area (Å²) in [6.45, 7) is 1.04. The van der Waals surface area contributed by atoms with Gasteiger partial charge in [-0.15, -0.1) is 0 Å². The number of amides is 1. The summed E-state index contributed by atoms with van der Waals surface area (Å²) in [7, 11) is -3.66. The van der Waals surface area contributed by atoms with E-state index in [9.17, 15) is 13.2 Å². The minimum atomic E-state index is -3.66. The van der Waals surface area contributed by atoms with Gasteiger partial charge in [0.25, 0.3) is 5.91 Å². The minimum absolute atomic E-state index is 0.0700. The van der Waals surface area contributed by atoms with Gasteiger partial charge in [-0.25, -0.2) is 8.42 Å². The van der Waals surface area contributed by atoms with Gasteiger partial charge in [0, 0.05) is 13.1 Å². The number of benzene rings is 2. The first-order chi connectivity index (χ1) is 13.1. The van der Waals surface area contributed by atoms with Gasteiger partial charge < -0.3 is 5.32 Å². The molecular formula is C21H24N2O3S. The molecule has 1 amide bonds. The van der Waals surface area contributed by atoms with Crippen molar-refractivity contribution in [2.75, 3.05) is 13.1 Å². The average molecular weight is 385 g/mol. The maximum atomic E-state index is 13.1. The Morgan fingerprint density at radius 1 is 0.963 bits per heavy atom. The molecule has 1 unspecified atom stereocenters. The van der Waals surface area contributed by atoms with Crippen molar-refractivity contribution in [3.05, 3.63) is 65.2 Å². The lowest BCUT2D eigenvalue weighted by Crippen LogP contribution is -2.37. The second kappa shape index (κ2) is 7.44. The molecule has 0 bridgehead atoms. The Hall–Kier alpha value is -2.18. The Morgan fingerprint density at radius 3 is 2.48 bits per heavy atom. The molecule has 0 aromatic heterocycles. The number of carbonyl (C=O) groups is 1. The van der Waals surface area contributed by atoms with E-state index in [2.05, 4.69) is 11.4 Å². The summed E-state index contributed by atoms with van der Waals surface area (Å²) in [5, 5.41) is 3.04. The summed E-state index contributed by atoms with van der Waals surface area (Å²) in [6, 6.07) is 14.6. The number of hydrogen-bond donors (Lipinski definition) is 1. The molecule has 0 saturated carbocycles. The van der Waals surface area contributed by atoms with Crippen LogP contribution in [0.25, 0.3) is 0 Å². The van der Waals surface area contributed by atoms with Crippen LogP contribution in [0.5, 0.6) is 0 Å². The maximum Gasteiger partial charge on any atom is 0.253 e. The second-order valence-corrected chi connectivity index (χ2v) is 9.13. The molecule has 5 nitrogen and oxygen atoms in total. The first-order valence-electron chi connectivity index (χ1n) is 9.55. The van der Waals surface area contributed by atoms with Crippen LogP contribution in [0.4, 0.5) is 0 Å². The van der Waals surface area contributed by atoms with Crippen LogP contribution >= 0.6 is 0 Å². The van der Waals surface area contributed by atoms with Crippen molar-refractivity contribution >= 4 is 15.9 Å². The van der Waals surface area contributed by atoms with Gasteiger partial charge in [0.15, 0.2) is 0 Å². The Morgan fingerprint density at radius 2 is 1.67 bits per heavy atom. The van der Waals surface area contributed by atoms with E-state index in [0.29, 0.717) is 13.1 Å². The van der Waals surface area contributed by atoms with Crippen LogP contribution < -0.4 is 5.32 Å². The van der Waals surface area contributed by atoms with Gasteiger partial charge in [0.1, 0.15) is 0 Å². The molecule has 1 aliphatic heterocycles. The van der Waals surface area contributed by atoms with E-state index in [1.54, 1.807) is 24.3 Å². The molecule has 2 aliphatic rings. The quantitative estimate of drug-likeness (QED) is 0.880. The summed E-state index contributed by atoms with van der Waals surface area (Å²) < 4.78 is 27.7. The van der Waals surface area contributed by atoms with Crippen molar-refractivity contribution in [3.63, 3.8) is 0 Å². The molecular weight excluding hydrogens is 360 g/mol. The molecule has 1 N–H and O–H groups in total. The fourth-order valence-corrected chi connectivity index (χ4v) is 5.77. The van der Waals surface area contributed by atoms with Gasteiger partial charge in [0.05, 0.1) is 16.5 Å². The highest BCUT2D eigenvalue weighted by molar-refractivity contribution is 7.89. The van der Waals surface area contributed by atoms with E-state index in [1.165, 1.54) is 9.87 Å². The van der Waals surface area contributed by atoms with Crippen molar-refractivity contribution < 1.29 is 13.2 Å². The third kappa shape index (κ3) is 3.51. The van der Waals surface area contributed by atoms with Crippen LogP contribution in [0.15, 0.2) is 53.4 Å². The molecule has 0 radical (unpaired) electrons. The third-order valence-electron chi connectivity index (χ3n) is 5.50. The Bertz CT molecular complexity index is 949. The number of sulfonamides is 1. The van der Waals surface area contributed by atoms with Gasteiger partial charge in [0.2, 0.25) is 10.0 Å². The lowest BCUT2D eigenvalue weighted by molar-refractivity contribution is 0.0933. The molecule has 4 rings (SSSR count). The van der Waals surface area contributed by atoms with Crippen molar-refractivity contribution in [3.8, 4) is 0 Å². The fourth-order valence-electron chi connectivity index (χ4n) is 4.07. The van der Waals surface area contributed by atoms with Gasteiger partial charge >= 0.3 is 0 Å². The smallest absolute Gasteiger partial charge is 0.253 e. The van der Waals surface area contributed by atoms with Crippen LogP contribution in [0.1, 0.15) is 53.2 Å². The van der Waals surface area contributed by atoms with Gasteiger partial charge in [-0.05, 0) is 48.9 Å². The van der Waals surface area contributed by atoms with Crippen LogP contribution in [-0.4, -0.2) is 31.7 Å². The second-order valence-electron chi connectivity index (χ2n) is 7.22. The summed E-state index contributed by atoms with van der Waals surface area (Å²) >= 11 is 0. The highest BCUT2D eigenvalue weighted by Gasteiger charge is 2.31. The van der Waals surface area contributed by atoms with Gasteiger partial charge in [-0.3, -0.25) is 4.79 Å². The zero-order chi connectivity index (χ0) is 18.9. The number of carbonyl (C=O) groups excluding carboxylic acids is 1. The van der Waals surface area contributed by atoms with Crippen LogP contribution in [0, 0.1) is 0 Å². The zero-order valence-corrected chi connectivity index (χ0v) is 16.0. The fraction of sp³-hybridized carbons (Fsp3) is 0.381. The number of aryl methyl sites for hydroxylation is 1. The molecule has 1 atom stereocenters. The summed E-state index contributed by atoms with van der Waals surface area (Å²) in [6.07, 6.45) is 4.55. The molecule has 0 spiro atoms. The first kappa shape index (κ1) is 18.2. The molecule has 1 heterocycles. The molecule has 1 fully saturated rings. The van der Waals surface area contributed by atoms with Crippen molar-refractivity contribution in [1.82, 2.24) is 9.62 Å². The van der Waals surface area contributed by atoms with E-state index < -0.39 is 10.0 Å². The largest absolute Gasteiger partial charge is 0.345 e. The Kier molecular flexibility index (Phi) is 5.02. The third-order valence-corrected chi connectivity index (χ3v) is 7.46. The molecule has 142 valence electrons. The maximum absolute atomic E-state index is 13.1. The highest BCUT2D eigenvalue weighted by Crippen LogP contribution is 2.31. The normalized spacial score (nSPS) is 20.2. The summed E-state index contributed by atoms with van der Waals surface area (Å²) in [5.74, 6) is -0.326. The zero-order valence-electron chi connectivity index (χ0n) is 15.2. The van der Waals surface area contributed by atoms with E-state index >= 15 is 0 Å². The Balaban J connectivity index is 1.60. The standard InChI is InChI=1S/C21H24N2O3S/c24-21(22-19-13-12-16-8-2-3-9-17(16)19)18-10-4-5-11-20(18)27(25,26)23-14-6-1-7-15-23/h2-5,8-11,19H,1,6-7,12-15H2,(H,22,24). The lowest BCUT2D eigenvalue weighted by atomic mass is 10.1. The number of hydrogen-bond acceptors (Lipinski definition) is 3. The monoisotopic (exact) mass is 384 g/mol. The number of nitrogens with zero attached hydrogens (tertiary/aromatic N) is 1. The molecule has 2 aromatic carbocycles. The van der Waals surface area contributed by atoms with E-state index in [1.807, 2.05) is 18.2 Å². The average Bonchev–Trinajstić information content (AvgIpc) is 3.11. The molecule has 2 aromatic rings. The molecule has 27 heavy (non-hydrogen) atoms. The summed E-state index contributed by atoms with van der Waals surface area (Å²) in [4.78, 5) is 13.1. The lowest BCUT2D eigenvalue weighted by Gasteiger charge is -2.26. The van der Waals surface area contributed by atoms with Gasteiger partial charge in [-0.1, -0.05) is 42.8 Å².